The van der Waals surface area contributed by atoms with E-state index in [2.05, 4.69) is 13.8 Å². The Kier molecular flexibility index (Phi) is 7.64. The van der Waals surface area contributed by atoms with Crippen molar-refractivity contribution in [2.45, 2.75) is 72.1 Å². The zero-order chi connectivity index (χ0) is 9.94. The minimum Gasteiger partial charge on any atom is -0.0654 e. The number of hydrogen-bond acceptors (Lipinski definition) is 0. The molecule has 0 aliphatic carbocycles. The smallest absolute Gasteiger partial charge is 0.0233 e. The van der Waals surface area contributed by atoms with Crippen LogP contribution in [0.1, 0.15) is 73.5 Å². The first-order valence-electron chi connectivity index (χ1n) is 6.35. The molecule has 0 saturated carbocycles. The highest BCUT2D eigenvalue weighted by atomic mass is 14.0. The molecule has 1 atom stereocenters. The predicted molar refractivity (Wildman–Crippen MR) is 57.4 cm³/mol. The fourth-order valence-electron chi connectivity index (χ4n) is 1.42. The lowest BCUT2D eigenvalue weighted by atomic mass is 10.00. The van der Waals surface area contributed by atoms with Crippen molar-refractivity contribution < 1.29 is 1.37 Å². The SMILES string of the molecule is [2H]CC(CC)CCCCCCCC. The Balaban J connectivity index is 3.05. The Morgan fingerprint density at radius 1 is 1.00 bits per heavy atom. The molecule has 0 fully saturated rings. The maximum atomic E-state index is 7.31. The van der Waals surface area contributed by atoms with Crippen LogP contribution in [0.15, 0.2) is 0 Å². The van der Waals surface area contributed by atoms with Gasteiger partial charge in [0.05, 0.1) is 0 Å². The minimum absolute atomic E-state index is 0.630. The van der Waals surface area contributed by atoms with E-state index in [-0.39, 0.29) is 0 Å². The van der Waals surface area contributed by atoms with Crippen LogP contribution in [0.4, 0.5) is 0 Å². The summed E-state index contributed by atoms with van der Waals surface area (Å²) in [6.45, 7) is 5.09. The first-order chi connectivity index (χ1) is 6.35. The van der Waals surface area contributed by atoms with Gasteiger partial charge in [-0.2, -0.15) is 0 Å². The van der Waals surface area contributed by atoms with Crippen molar-refractivity contribution in [3.63, 3.8) is 0 Å². The van der Waals surface area contributed by atoms with Crippen LogP contribution in [0.25, 0.3) is 0 Å². The topological polar surface area (TPSA) is 0 Å². The van der Waals surface area contributed by atoms with Gasteiger partial charge in [0.2, 0.25) is 0 Å². The maximum absolute atomic E-state index is 7.31. The summed E-state index contributed by atoms with van der Waals surface area (Å²) in [5.41, 5.74) is 0. The molecule has 12 heavy (non-hydrogen) atoms. The Morgan fingerprint density at radius 2 is 1.67 bits per heavy atom. The molecule has 0 rings (SSSR count). The van der Waals surface area contributed by atoms with Gasteiger partial charge in [0.25, 0.3) is 0 Å². The molecule has 0 bridgehead atoms. The van der Waals surface area contributed by atoms with Crippen LogP contribution >= 0.6 is 0 Å². The fourth-order valence-corrected chi connectivity index (χ4v) is 1.42. The predicted octanol–water partition coefficient (Wildman–Crippen LogP) is 4.78. The van der Waals surface area contributed by atoms with Gasteiger partial charge in [-0.1, -0.05) is 72.1 Å². The molecule has 0 heteroatoms. The van der Waals surface area contributed by atoms with Crippen molar-refractivity contribution in [3.8, 4) is 0 Å². The normalized spacial score (nSPS) is 14.3. The number of rotatable bonds is 8. The first-order valence-corrected chi connectivity index (χ1v) is 5.64. The summed E-state index contributed by atoms with van der Waals surface area (Å²) in [5.74, 6) is 0.672. The molecule has 0 saturated heterocycles. The van der Waals surface area contributed by atoms with Crippen LogP contribution in [-0.2, 0) is 0 Å². The van der Waals surface area contributed by atoms with E-state index in [4.69, 9.17) is 1.37 Å². The highest BCUT2D eigenvalue weighted by molar-refractivity contribution is 4.51. The van der Waals surface area contributed by atoms with E-state index < -0.39 is 0 Å². The molecule has 0 aromatic heterocycles. The molecule has 0 N–H and O–H groups in total. The van der Waals surface area contributed by atoms with Crippen molar-refractivity contribution in [2.75, 3.05) is 0 Å². The Hall–Kier alpha value is 0. The molecule has 0 aliphatic rings. The van der Waals surface area contributed by atoms with Gasteiger partial charge in [-0.05, 0) is 5.92 Å². The summed E-state index contributed by atoms with van der Waals surface area (Å²) >= 11 is 0. The Bertz CT molecular complexity index is 87.1. The summed E-state index contributed by atoms with van der Waals surface area (Å²) in [7, 11) is 0. The van der Waals surface area contributed by atoms with Gasteiger partial charge in [-0.25, -0.2) is 0 Å². The number of unbranched alkanes of at least 4 members (excludes halogenated alkanes) is 5. The first kappa shape index (κ1) is 10.1. The molecule has 0 nitrogen and oxygen atoms in total. The summed E-state index contributed by atoms with van der Waals surface area (Å²) in [6.07, 6.45) is 10.8. The summed E-state index contributed by atoms with van der Waals surface area (Å²) in [6, 6.07) is 0. The van der Waals surface area contributed by atoms with Crippen molar-refractivity contribution in [2.24, 2.45) is 5.92 Å². The van der Waals surface area contributed by atoms with Crippen molar-refractivity contribution in [1.29, 1.82) is 0 Å². The second-order valence-electron chi connectivity index (χ2n) is 3.83. The van der Waals surface area contributed by atoms with E-state index in [1.807, 2.05) is 0 Å². The third-order valence-electron chi connectivity index (χ3n) is 2.54. The zero-order valence-corrected chi connectivity index (χ0v) is 8.94. The molecular formula is C12H26. The van der Waals surface area contributed by atoms with Crippen LogP contribution in [0, 0.1) is 5.92 Å². The van der Waals surface area contributed by atoms with Gasteiger partial charge >= 0.3 is 0 Å². The number of hydrogen-bond donors (Lipinski definition) is 0. The molecule has 0 aliphatic heterocycles. The largest absolute Gasteiger partial charge is 0.0654 e. The van der Waals surface area contributed by atoms with Crippen LogP contribution in [-0.4, -0.2) is 0 Å². The molecule has 74 valence electrons. The second-order valence-corrected chi connectivity index (χ2v) is 3.83. The average Bonchev–Trinajstić information content (AvgIpc) is 2.17. The zero-order valence-electron chi connectivity index (χ0n) is 9.94. The monoisotopic (exact) mass is 171 g/mol. The van der Waals surface area contributed by atoms with E-state index in [1.165, 1.54) is 51.4 Å². The van der Waals surface area contributed by atoms with Crippen molar-refractivity contribution in [3.05, 3.63) is 0 Å². The average molecular weight is 171 g/mol. The lowest BCUT2D eigenvalue weighted by Crippen LogP contribution is -1.91. The van der Waals surface area contributed by atoms with Gasteiger partial charge in [0.15, 0.2) is 0 Å². The van der Waals surface area contributed by atoms with Crippen LogP contribution in [0.5, 0.6) is 0 Å². The van der Waals surface area contributed by atoms with Crippen LogP contribution in [0.2, 0.25) is 0 Å². The van der Waals surface area contributed by atoms with Gasteiger partial charge in [-0.15, -0.1) is 0 Å². The Morgan fingerprint density at radius 3 is 2.25 bits per heavy atom. The Labute approximate surface area is 80.2 Å². The minimum atomic E-state index is 0.630. The second kappa shape index (κ2) is 9.09. The highest BCUT2D eigenvalue weighted by Gasteiger charge is 1.97. The van der Waals surface area contributed by atoms with Gasteiger partial charge in [-0.3, -0.25) is 0 Å². The fraction of sp³-hybridized carbons (Fsp3) is 1.00. The van der Waals surface area contributed by atoms with Gasteiger partial charge < -0.3 is 0 Å². The molecule has 0 heterocycles. The molecule has 0 aromatic carbocycles. The molecular weight excluding hydrogens is 144 g/mol. The van der Waals surface area contributed by atoms with Gasteiger partial charge in [0, 0.05) is 1.37 Å². The van der Waals surface area contributed by atoms with Crippen LogP contribution in [0.3, 0.4) is 0 Å². The van der Waals surface area contributed by atoms with Crippen LogP contribution < -0.4 is 0 Å². The summed E-state index contributed by atoms with van der Waals surface area (Å²) < 4.78 is 7.31. The third-order valence-corrected chi connectivity index (χ3v) is 2.54. The standard InChI is InChI=1S/C12H26/c1-4-6-7-8-9-10-11-12(3)5-2/h12H,4-11H2,1-3H3/i3D. The van der Waals surface area contributed by atoms with E-state index in [1.54, 1.807) is 0 Å². The van der Waals surface area contributed by atoms with E-state index in [0.717, 1.165) is 0 Å². The quantitative estimate of drug-likeness (QED) is 0.461. The van der Waals surface area contributed by atoms with E-state index in [9.17, 15) is 0 Å². The lowest BCUT2D eigenvalue weighted by molar-refractivity contribution is 0.472. The van der Waals surface area contributed by atoms with Crippen molar-refractivity contribution >= 4 is 0 Å². The molecule has 0 radical (unpaired) electrons. The molecule has 0 amide bonds. The molecule has 0 aromatic rings. The van der Waals surface area contributed by atoms with Crippen molar-refractivity contribution in [1.82, 2.24) is 0 Å². The lowest BCUT2D eigenvalue weighted by Gasteiger charge is -2.06. The molecule has 1 unspecified atom stereocenters. The van der Waals surface area contributed by atoms with E-state index in [0.29, 0.717) is 12.8 Å². The summed E-state index contributed by atoms with van der Waals surface area (Å²) in [4.78, 5) is 0. The van der Waals surface area contributed by atoms with E-state index >= 15 is 0 Å². The highest BCUT2D eigenvalue weighted by Crippen LogP contribution is 2.13. The maximum Gasteiger partial charge on any atom is 0.0233 e. The molecule has 0 spiro atoms. The van der Waals surface area contributed by atoms with Gasteiger partial charge in [0.1, 0.15) is 0 Å². The third kappa shape index (κ3) is 8.10. The summed E-state index contributed by atoms with van der Waals surface area (Å²) in [5, 5.41) is 0.